The van der Waals surface area contributed by atoms with Crippen LogP contribution in [0, 0.1) is 0 Å². The van der Waals surface area contributed by atoms with Crippen molar-refractivity contribution in [2.45, 2.75) is 51.2 Å². The van der Waals surface area contributed by atoms with Crippen LogP contribution in [0.5, 0.6) is 0 Å². The summed E-state index contributed by atoms with van der Waals surface area (Å²) in [6.45, 7) is 3.71. The Labute approximate surface area is 97.3 Å². The van der Waals surface area contributed by atoms with Crippen LogP contribution in [0.3, 0.4) is 0 Å². The molecular formula is C10H21NO4S. The van der Waals surface area contributed by atoms with Gasteiger partial charge in [-0.1, -0.05) is 12.8 Å². The third kappa shape index (κ3) is 7.64. The zero-order chi connectivity index (χ0) is 12.6. The molecule has 0 saturated carbocycles. The van der Waals surface area contributed by atoms with Crippen LogP contribution in [0.1, 0.15) is 46.0 Å². The summed E-state index contributed by atoms with van der Waals surface area (Å²) >= 11 is 0. The largest absolute Gasteiger partial charge is 0.481 e. The van der Waals surface area contributed by atoms with Gasteiger partial charge < -0.3 is 5.11 Å². The Morgan fingerprint density at radius 1 is 1.19 bits per heavy atom. The van der Waals surface area contributed by atoms with Gasteiger partial charge in [0.25, 0.3) is 0 Å². The van der Waals surface area contributed by atoms with Crippen LogP contribution in [-0.2, 0) is 14.8 Å². The first-order chi connectivity index (χ1) is 7.36. The van der Waals surface area contributed by atoms with Crippen molar-refractivity contribution in [3.63, 3.8) is 0 Å². The second-order valence-electron chi connectivity index (χ2n) is 4.05. The first kappa shape index (κ1) is 15.4. The average Bonchev–Trinajstić information content (AvgIpc) is 2.15. The Hall–Kier alpha value is -0.620. The van der Waals surface area contributed by atoms with Crippen molar-refractivity contribution >= 4 is 16.0 Å². The van der Waals surface area contributed by atoms with E-state index in [4.69, 9.17) is 5.11 Å². The fourth-order valence-electron chi connectivity index (χ4n) is 1.14. The molecule has 0 spiro atoms. The van der Waals surface area contributed by atoms with Gasteiger partial charge in [0.2, 0.25) is 10.0 Å². The number of nitrogens with one attached hydrogen (secondary N) is 1. The van der Waals surface area contributed by atoms with E-state index in [-0.39, 0.29) is 6.42 Å². The molecular weight excluding hydrogens is 230 g/mol. The number of carboxylic acid groups (broad SMARTS) is 1. The van der Waals surface area contributed by atoms with Gasteiger partial charge in [-0.05, 0) is 26.7 Å². The maximum Gasteiger partial charge on any atom is 0.303 e. The highest BCUT2D eigenvalue weighted by Crippen LogP contribution is 2.03. The summed E-state index contributed by atoms with van der Waals surface area (Å²) in [5.41, 5.74) is 0. The number of carbonyl (C=O) groups is 1. The van der Waals surface area contributed by atoms with Crippen molar-refractivity contribution in [3.05, 3.63) is 0 Å². The summed E-state index contributed by atoms with van der Waals surface area (Å²) in [7, 11) is -3.15. The zero-order valence-corrected chi connectivity index (χ0v) is 10.7. The van der Waals surface area contributed by atoms with Crippen molar-refractivity contribution in [1.29, 1.82) is 0 Å². The standard InChI is InChI=1S/C10H21NO4S/c1-9(2)16(14,15)11-8-6-4-3-5-7-10(12)13/h9,11H,3-8H2,1-2H3,(H,12,13). The van der Waals surface area contributed by atoms with Gasteiger partial charge in [0.15, 0.2) is 0 Å². The lowest BCUT2D eigenvalue weighted by Gasteiger charge is -2.08. The van der Waals surface area contributed by atoms with Crippen molar-refractivity contribution in [1.82, 2.24) is 4.72 Å². The second-order valence-corrected chi connectivity index (χ2v) is 6.37. The molecule has 2 N–H and O–H groups in total. The number of unbranched alkanes of at least 4 members (excludes halogenated alkanes) is 3. The molecule has 0 amide bonds. The van der Waals surface area contributed by atoms with Crippen LogP contribution in [0.25, 0.3) is 0 Å². The molecule has 0 heterocycles. The summed E-state index contributed by atoms with van der Waals surface area (Å²) in [6, 6.07) is 0. The van der Waals surface area contributed by atoms with Gasteiger partial charge in [0.05, 0.1) is 5.25 Å². The van der Waals surface area contributed by atoms with Crippen LogP contribution in [0.4, 0.5) is 0 Å². The Morgan fingerprint density at radius 2 is 1.75 bits per heavy atom. The molecule has 0 bridgehead atoms. The monoisotopic (exact) mass is 251 g/mol. The number of sulfonamides is 1. The molecule has 0 aromatic heterocycles. The summed E-state index contributed by atoms with van der Waals surface area (Å²) < 4.78 is 25.2. The fraction of sp³-hybridized carbons (Fsp3) is 0.900. The third-order valence-corrected chi connectivity index (χ3v) is 4.09. The highest BCUT2D eigenvalue weighted by Gasteiger charge is 2.13. The van der Waals surface area contributed by atoms with E-state index in [1.54, 1.807) is 13.8 Å². The van der Waals surface area contributed by atoms with E-state index >= 15 is 0 Å². The Morgan fingerprint density at radius 3 is 2.25 bits per heavy atom. The van der Waals surface area contributed by atoms with Crippen molar-refractivity contribution in [2.75, 3.05) is 6.54 Å². The van der Waals surface area contributed by atoms with E-state index in [1.807, 2.05) is 0 Å². The van der Waals surface area contributed by atoms with Crippen molar-refractivity contribution < 1.29 is 18.3 Å². The smallest absolute Gasteiger partial charge is 0.303 e. The lowest BCUT2D eigenvalue weighted by atomic mass is 10.1. The van der Waals surface area contributed by atoms with Gasteiger partial charge in [-0.3, -0.25) is 4.79 Å². The summed E-state index contributed by atoms with van der Waals surface area (Å²) in [6.07, 6.45) is 3.29. The number of hydrogen-bond donors (Lipinski definition) is 2. The lowest BCUT2D eigenvalue weighted by Crippen LogP contribution is -2.31. The highest BCUT2D eigenvalue weighted by molar-refractivity contribution is 7.90. The summed E-state index contributed by atoms with van der Waals surface area (Å²) in [5, 5.41) is 7.99. The molecule has 96 valence electrons. The molecule has 0 aliphatic carbocycles. The normalized spacial score (nSPS) is 11.9. The molecule has 0 aliphatic rings. The Bertz CT molecular complexity index is 298. The maximum absolute atomic E-state index is 11.3. The lowest BCUT2D eigenvalue weighted by molar-refractivity contribution is -0.137. The minimum atomic E-state index is -3.15. The molecule has 0 aliphatic heterocycles. The van der Waals surface area contributed by atoms with E-state index in [9.17, 15) is 13.2 Å². The van der Waals surface area contributed by atoms with E-state index in [0.717, 1.165) is 19.3 Å². The number of rotatable bonds is 9. The number of aliphatic carboxylic acids is 1. The van der Waals surface area contributed by atoms with Crippen molar-refractivity contribution in [2.24, 2.45) is 0 Å². The first-order valence-electron chi connectivity index (χ1n) is 5.56. The van der Waals surface area contributed by atoms with E-state index in [0.29, 0.717) is 13.0 Å². The molecule has 0 radical (unpaired) electrons. The number of hydrogen-bond acceptors (Lipinski definition) is 3. The van der Waals surface area contributed by atoms with E-state index in [2.05, 4.69) is 4.72 Å². The first-order valence-corrected chi connectivity index (χ1v) is 7.11. The molecule has 0 fully saturated rings. The maximum atomic E-state index is 11.3. The number of carboxylic acids is 1. The Balaban J connectivity index is 3.44. The third-order valence-electron chi connectivity index (χ3n) is 2.24. The molecule has 16 heavy (non-hydrogen) atoms. The average molecular weight is 251 g/mol. The van der Waals surface area contributed by atoms with Crippen LogP contribution in [0.15, 0.2) is 0 Å². The summed E-state index contributed by atoms with van der Waals surface area (Å²) in [5.74, 6) is -0.777. The van der Waals surface area contributed by atoms with Crippen LogP contribution in [0.2, 0.25) is 0 Å². The van der Waals surface area contributed by atoms with Crippen molar-refractivity contribution in [3.8, 4) is 0 Å². The quantitative estimate of drug-likeness (QED) is 0.606. The van der Waals surface area contributed by atoms with Crippen LogP contribution in [-0.4, -0.2) is 31.3 Å². The Kier molecular flexibility index (Phi) is 7.33. The van der Waals surface area contributed by atoms with Crippen LogP contribution >= 0.6 is 0 Å². The minimum absolute atomic E-state index is 0.192. The van der Waals surface area contributed by atoms with Gasteiger partial charge in [-0.2, -0.15) is 0 Å². The van der Waals surface area contributed by atoms with Gasteiger partial charge in [-0.15, -0.1) is 0 Å². The van der Waals surface area contributed by atoms with Gasteiger partial charge >= 0.3 is 5.97 Å². The minimum Gasteiger partial charge on any atom is -0.481 e. The fourth-order valence-corrected chi connectivity index (χ4v) is 1.90. The van der Waals surface area contributed by atoms with E-state index < -0.39 is 21.2 Å². The van der Waals surface area contributed by atoms with Gasteiger partial charge in [0, 0.05) is 13.0 Å². The predicted molar refractivity (Wildman–Crippen MR) is 62.8 cm³/mol. The summed E-state index contributed by atoms with van der Waals surface area (Å²) in [4.78, 5) is 10.2. The molecule has 0 aromatic carbocycles. The second kappa shape index (κ2) is 7.62. The van der Waals surface area contributed by atoms with E-state index in [1.165, 1.54) is 0 Å². The SMILES string of the molecule is CC(C)S(=O)(=O)NCCCCCCC(=O)O. The zero-order valence-electron chi connectivity index (χ0n) is 9.90. The predicted octanol–water partition coefficient (Wildman–Crippen LogP) is 1.35. The van der Waals surface area contributed by atoms with Gasteiger partial charge in [-0.25, -0.2) is 13.1 Å². The highest BCUT2D eigenvalue weighted by atomic mass is 32.2. The molecule has 0 rings (SSSR count). The molecule has 0 atom stereocenters. The molecule has 0 unspecified atom stereocenters. The molecule has 0 saturated heterocycles. The molecule has 6 heteroatoms. The topological polar surface area (TPSA) is 83.5 Å². The van der Waals surface area contributed by atoms with Gasteiger partial charge in [0.1, 0.15) is 0 Å². The van der Waals surface area contributed by atoms with Crippen LogP contribution < -0.4 is 4.72 Å². The molecule has 5 nitrogen and oxygen atoms in total. The molecule has 0 aromatic rings.